The Bertz CT molecular complexity index is 183. The van der Waals surface area contributed by atoms with Gasteiger partial charge in [0.15, 0.2) is 0 Å². The van der Waals surface area contributed by atoms with Crippen LogP contribution < -0.4 is 11.1 Å². The minimum atomic E-state index is -0.241. The van der Waals surface area contributed by atoms with E-state index in [9.17, 15) is 4.79 Å². The first-order valence-electron chi connectivity index (χ1n) is 5.66. The second-order valence-corrected chi connectivity index (χ2v) is 4.40. The summed E-state index contributed by atoms with van der Waals surface area (Å²) in [7, 11) is 4.02. The molecule has 3 N–H and O–H groups in total. The lowest BCUT2D eigenvalue weighted by molar-refractivity contribution is -0.121. The van der Waals surface area contributed by atoms with E-state index < -0.39 is 0 Å². The summed E-state index contributed by atoms with van der Waals surface area (Å²) in [6.07, 6.45) is 2.11. The lowest BCUT2D eigenvalue weighted by atomic mass is 9.96. The molecule has 2 unspecified atom stereocenters. The first-order valence-corrected chi connectivity index (χ1v) is 5.66. The Hall–Kier alpha value is -0.610. The Morgan fingerprint density at radius 2 is 2.07 bits per heavy atom. The van der Waals surface area contributed by atoms with E-state index in [2.05, 4.69) is 24.1 Å². The number of primary amides is 1. The number of carbonyl (C=O) groups is 1. The van der Waals surface area contributed by atoms with E-state index in [0.29, 0.717) is 5.92 Å². The maximum absolute atomic E-state index is 11.2. The third-order valence-electron chi connectivity index (χ3n) is 2.54. The Morgan fingerprint density at radius 3 is 2.47 bits per heavy atom. The zero-order valence-electron chi connectivity index (χ0n) is 10.4. The number of hydrogen-bond donors (Lipinski definition) is 2. The van der Waals surface area contributed by atoms with Crippen molar-refractivity contribution in [3.8, 4) is 0 Å². The number of likely N-dealkylation sites (N-methyl/N-ethyl adjacent to an activating group) is 1. The minimum Gasteiger partial charge on any atom is -0.368 e. The van der Waals surface area contributed by atoms with Gasteiger partial charge in [-0.15, -0.1) is 0 Å². The van der Waals surface area contributed by atoms with Gasteiger partial charge in [-0.05, 0) is 26.4 Å². The summed E-state index contributed by atoms with van der Waals surface area (Å²) in [5.74, 6) is 0.0735. The van der Waals surface area contributed by atoms with Gasteiger partial charge in [0, 0.05) is 13.1 Å². The highest BCUT2D eigenvalue weighted by Gasteiger charge is 2.21. The van der Waals surface area contributed by atoms with E-state index in [0.717, 1.165) is 25.9 Å². The van der Waals surface area contributed by atoms with Crippen LogP contribution in [0.3, 0.4) is 0 Å². The van der Waals surface area contributed by atoms with Crippen LogP contribution in [0.5, 0.6) is 0 Å². The molecule has 90 valence electrons. The van der Waals surface area contributed by atoms with Gasteiger partial charge in [0.1, 0.15) is 0 Å². The Labute approximate surface area is 93.2 Å². The van der Waals surface area contributed by atoms with Crippen LogP contribution in [0.1, 0.15) is 26.7 Å². The zero-order valence-corrected chi connectivity index (χ0v) is 10.4. The molecule has 1 amide bonds. The lowest BCUT2D eigenvalue weighted by Crippen LogP contribution is -2.47. The first-order chi connectivity index (χ1) is 6.99. The van der Waals surface area contributed by atoms with Gasteiger partial charge in [0.05, 0.1) is 6.04 Å². The number of amides is 1. The molecule has 0 saturated heterocycles. The van der Waals surface area contributed by atoms with E-state index in [1.807, 2.05) is 14.1 Å². The summed E-state index contributed by atoms with van der Waals surface area (Å²) in [5, 5.41) is 3.22. The van der Waals surface area contributed by atoms with Crippen molar-refractivity contribution in [2.24, 2.45) is 11.7 Å². The normalized spacial score (nSPS) is 15.3. The van der Waals surface area contributed by atoms with Crippen molar-refractivity contribution >= 4 is 5.91 Å². The summed E-state index contributed by atoms with van der Waals surface area (Å²) in [5.41, 5.74) is 5.37. The summed E-state index contributed by atoms with van der Waals surface area (Å²) in [6.45, 7) is 5.91. The van der Waals surface area contributed by atoms with Gasteiger partial charge in [0.25, 0.3) is 0 Å². The molecule has 0 aromatic carbocycles. The van der Waals surface area contributed by atoms with E-state index in [1.165, 1.54) is 0 Å². The fourth-order valence-electron chi connectivity index (χ4n) is 1.65. The SMILES string of the molecule is CCCC(C)C(NCCN(C)C)C(N)=O. The largest absolute Gasteiger partial charge is 0.368 e. The third-order valence-corrected chi connectivity index (χ3v) is 2.54. The second kappa shape index (κ2) is 7.65. The molecule has 0 radical (unpaired) electrons. The molecule has 0 bridgehead atoms. The number of hydrogen-bond acceptors (Lipinski definition) is 3. The molecule has 0 aliphatic rings. The van der Waals surface area contributed by atoms with Crippen LogP contribution in [-0.2, 0) is 4.79 Å². The molecule has 0 aromatic heterocycles. The molecule has 0 spiro atoms. The number of carbonyl (C=O) groups excluding carboxylic acids is 1. The summed E-state index contributed by atoms with van der Waals surface area (Å²) >= 11 is 0. The predicted molar refractivity (Wildman–Crippen MR) is 63.6 cm³/mol. The molecule has 2 atom stereocenters. The van der Waals surface area contributed by atoms with Gasteiger partial charge in [0.2, 0.25) is 5.91 Å². The molecule has 0 aromatic rings. The molecule has 0 heterocycles. The van der Waals surface area contributed by atoms with Crippen molar-refractivity contribution in [3.05, 3.63) is 0 Å². The van der Waals surface area contributed by atoms with E-state index >= 15 is 0 Å². The predicted octanol–water partition coefficient (Wildman–Crippen LogP) is 0.428. The van der Waals surface area contributed by atoms with Crippen molar-refractivity contribution in [1.29, 1.82) is 0 Å². The monoisotopic (exact) mass is 215 g/mol. The van der Waals surface area contributed by atoms with Gasteiger partial charge in [-0.25, -0.2) is 0 Å². The molecule has 0 fully saturated rings. The minimum absolute atomic E-state index is 0.190. The maximum Gasteiger partial charge on any atom is 0.234 e. The molecule has 0 rings (SSSR count). The van der Waals surface area contributed by atoms with E-state index in [4.69, 9.17) is 5.73 Å². The smallest absolute Gasteiger partial charge is 0.234 e. The summed E-state index contributed by atoms with van der Waals surface area (Å²) in [4.78, 5) is 13.3. The van der Waals surface area contributed by atoms with Crippen LogP contribution >= 0.6 is 0 Å². The summed E-state index contributed by atoms with van der Waals surface area (Å²) in [6, 6.07) is -0.190. The summed E-state index contributed by atoms with van der Waals surface area (Å²) < 4.78 is 0. The Balaban J connectivity index is 3.99. The van der Waals surface area contributed by atoms with Gasteiger partial charge < -0.3 is 16.0 Å². The van der Waals surface area contributed by atoms with Crippen molar-refractivity contribution in [3.63, 3.8) is 0 Å². The molecule has 0 saturated carbocycles. The Morgan fingerprint density at radius 1 is 1.47 bits per heavy atom. The highest BCUT2D eigenvalue weighted by atomic mass is 16.1. The van der Waals surface area contributed by atoms with Crippen LogP contribution in [0.4, 0.5) is 0 Å². The van der Waals surface area contributed by atoms with E-state index in [1.54, 1.807) is 0 Å². The maximum atomic E-state index is 11.2. The van der Waals surface area contributed by atoms with Crippen LogP contribution in [-0.4, -0.2) is 44.0 Å². The number of nitrogens with zero attached hydrogens (tertiary/aromatic N) is 1. The standard InChI is InChI=1S/C11H25N3O/c1-5-6-9(2)10(11(12)15)13-7-8-14(3)4/h9-10,13H,5-8H2,1-4H3,(H2,12,15). The van der Waals surface area contributed by atoms with Gasteiger partial charge in [-0.2, -0.15) is 0 Å². The molecular formula is C11H25N3O. The molecular weight excluding hydrogens is 190 g/mol. The Kier molecular flexibility index (Phi) is 7.34. The second-order valence-electron chi connectivity index (χ2n) is 4.40. The van der Waals surface area contributed by atoms with E-state index in [-0.39, 0.29) is 11.9 Å². The highest BCUT2D eigenvalue weighted by Crippen LogP contribution is 2.10. The van der Waals surface area contributed by atoms with Gasteiger partial charge in [-0.1, -0.05) is 20.3 Å². The van der Waals surface area contributed by atoms with Crippen LogP contribution in [0, 0.1) is 5.92 Å². The molecule has 0 aliphatic carbocycles. The van der Waals surface area contributed by atoms with Crippen LogP contribution in [0.25, 0.3) is 0 Å². The topological polar surface area (TPSA) is 58.4 Å². The van der Waals surface area contributed by atoms with Crippen LogP contribution in [0.15, 0.2) is 0 Å². The average molecular weight is 215 g/mol. The zero-order chi connectivity index (χ0) is 11.8. The first kappa shape index (κ1) is 14.4. The lowest BCUT2D eigenvalue weighted by Gasteiger charge is -2.22. The van der Waals surface area contributed by atoms with Gasteiger partial charge >= 0.3 is 0 Å². The molecule has 4 nitrogen and oxygen atoms in total. The van der Waals surface area contributed by atoms with Crippen molar-refractivity contribution < 1.29 is 4.79 Å². The van der Waals surface area contributed by atoms with Gasteiger partial charge in [-0.3, -0.25) is 4.79 Å². The fourth-order valence-corrected chi connectivity index (χ4v) is 1.65. The van der Waals surface area contributed by atoms with Crippen molar-refractivity contribution in [2.75, 3.05) is 27.2 Å². The fraction of sp³-hybridized carbons (Fsp3) is 0.909. The molecule has 15 heavy (non-hydrogen) atoms. The highest BCUT2D eigenvalue weighted by molar-refractivity contribution is 5.80. The average Bonchev–Trinajstić information content (AvgIpc) is 2.11. The number of nitrogens with one attached hydrogen (secondary N) is 1. The number of rotatable bonds is 8. The van der Waals surface area contributed by atoms with Crippen LogP contribution in [0.2, 0.25) is 0 Å². The third kappa shape index (κ3) is 6.47. The van der Waals surface area contributed by atoms with Crippen molar-refractivity contribution in [2.45, 2.75) is 32.7 Å². The van der Waals surface area contributed by atoms with Crippen molar-refractivity contribution in [1.82, 2.24) is 10.2 Å². The quantitative estimate of drug-likeness (QED) is 0.617. The number of nitrogens with two attached hydrogens (primary N) is 1. The molecule has 0 aliphatic heterocycles. The molecule has 4 heteroatoms.